The van der Waals surface area contributed by atoms with Crippen molar-refractivity contribution in [2.45, 2.75) is 35.5 Å². The Labute approximate surface area is 195 Å². The van der Waals surface area contributed by atoms with E-state index in [1.165, 1.54) is 28.8 Å². The van der Waals surface area contributed by atoms with E-state index in [-0.39, 0.29) is 35.1 Å². The summed E-state index contributed by atoms with van der Waals surface area (Å²) in [5.41, 5.74) is -0.0671. The average molecular weight is 499 g/mol. The first kappa shape index (κ1) is 23.5. The van der Waals surface area contributed by atoms with Gasteiger partial charge in [0.15, 0.2) is 11.6 Å². The molecule has 2 aromatic carbocycles. The normalized spacial score (nSPS) is 18.3. The van der Waals surface area contributed by atoms with Crippen LogP contribution in [0.4, 0.5) is 13.2 Å². The summed E-state index contributed by atoms with van der Waals surface area (Å²) in [5.74, 6) is -3.65. The first-order valence-corrected chi connectivity index (χ1v) is 11.1. The summed E-state index contributed by atoms with van der Waals surface area (Å²) in [6.45, 7) is 0.822. The molecule has 0 saturated carbocycles. The number of alkyl halides is 1. The number of nitrogens with zero attached hydrogens (tertiary/aromatic N) is 2. The Balaban J connectivity index is 1.79. The van der Waals surface area contributed by atoms with Crippen LogP contribution in [0.3, 0.4) is 0 Å². The van der Waals surface area contributed by atoms with Crippen LogP contribution in [0, 0.1) is 18.6 Å². The van der Waals surface area contributed by atoms with Crippen molar-refractivity contribution in [3.8, 4) is 0 Å². The van der Waals surface area contributed by atoms with E-state index in [1.54, 1.807) is 6.92 Å². The summed E-state index contributed by atoms with van der Waals surface area (Å²) in [6, 6.07) is 6.81. The van der Waals surface area contributed by atoms with E-state index in [0.29, 0.717) is 16.0 Å². The van der Waals surface area contributed by atoms with Gasteiger partial charge in [0.2, 0.25) is 5.91 Å². The number of aromatic carboxylic acids is 1. The third-order valence-electron chi connectivity index (χ3n) is 5.59. The molecular weight excluding hydrogens is 481 g/mol. The van der Waals surface area contributed by atoms with Gasteiger partial charge in [-0.2, -0.15) is 0 Å². The number of aliphatic hydroxyl groups is 1. The fourth-order valence-electron chi connectivity index (χ4n) is 3.85. The highest BCUT2D eigenvalue weighted by Crippen LogP contribution is 2.41. The van der Waals surface area contributed by atoms with Crippen LogP contribution in [0.15, 0.2) is 40.1 Å². The van der Waals surface area contributed by atoms with Gasteiger partial charge in [0, 0.05) is 27.4 Å². The molecular formula is C22H18ClF3N2O4S. The predicted molar refractivity (Wildman–Crippen MR) is 117 cm³/mol. The van der Waals surface area contributed by atoms with Crippen LogP contribution in [0.25, 0.3) is 10.9 Å². The number of amides is 1. The zero-order chi connectivity index (χ0) is 24.0. The molecule has 33 heavy (non-hydrogen) atoms. The number of aliphatic hydroxyl groups excluding tert-OH is 1. The van der Waals surface area contributed by atoms with Crippen molar-refractivity contribution in [1.29, 1.82) is 0 Å². The average Bonchev–Trinajstić information content (AvgIpc) is 3.23. The number of β-amino-alcohol motifs (C(OH)–C–C–N with tert-alkyl or cyclic N) is 1. The topological polar surface area (TPSA) is 82.8 Å². The standard InChI is InChI=1S/C22H18ClF3N2O4S/c1-10-21(33-16-4-2-3-11(18(16)25)22(31)32)12-5-6-13(23)19(26)20(12)28(10)9-17(30)27-7-14(24)15(29)8-27/h2-6,14-15,29H,7-9H2,1H3,(H,31,32)/t14-,15-/m1/s1. The third kappa shape index (κ3) is 4.18. The summed E-state index contributed by atoms with van der Waals surface area (Å²) in [7, 11) is 0. The summed E-state index contributed by atoms with van der Waals surface area (Å²) in [4.78, 5) is 25.7. The number of rotatable bonds is 5. The zero-order valence-corrected chi connectivity index (χ0v) is 18.8. The molecule has 1 aliphatic heterocycles. The molecule has 0 spiro atoms. The molecule has 2 heterocycles. The molecule has 1 aliphatic rings. The molecule has 3 aromatic rings. The molecule has 174 valence electrons. The largest absolute Gasteiger partial charge is 0.478 e. The van der Waals surface area contributed by atoms with Crippen LogP contribution < -0.4 is 0 Å². The maximum Gasteiger partial charge on any atom is 0.338 e. The highest BCUT2D eigenvalue weighted by atomic mass is 35.5. The van der Waals surface area contributed by atoms with Gasteiger partial charge in [-0.05, 0) is 31.2 Å². The Kier molecular flexibility index (Phi) is 6.35. The van der Waals surface area contributed by atoms with E-state index >= 15 is 4.39 Å². The Hall–Kier alpha value is -2.69. The van der Waals surface area contributed by atoms with Crippen LogP contribution in [0.2, 0.25) is 5.02 Å². The number of hydrogen-bond donors (Lipinski definition) is 2. The number of carbonyl (C=O) groups is 2. The first-order valence-electron chi connectivity index (χ1n) is 9.86. The molecule has 2 N–H and O–H groups in total. The molecule has 0 unspecified atom stereocenters. The lowest BCUT2D eigenvalue weighted by atomic mass is 10.2. The van der Waals surface area contributed by atoms with Crippen LogP contribution >= 0.6 is 23.4 Å². The van der Waals surface area contributed by atoms with Gasteiger partial charge in [0.1, 0.15) is 18.8 Å². The summed E-state index contributed by atoms with van der Waals surface area (Å²) >= 11 is 6.87. The lowest BCUT2D eigenvalue weighted by molar-refractivity contribution is -0.131. The second-order valence-corrected chi connectivity index (χ2v) is 9.12. The number of halogens is 4. The molecule has 0 radical (unpaired) electrons. The number of carboxylic acids is 1. The minimum atomic E-state index is -1.56. The van der Waals surface area contributed by atoms with E-state index in [1.807, 2.05) is 0 Å². The highest BCUT2D eigenvalue weighted by Gasteiger charge is 2.34. The molecule has 0 bridgehead atoms. The fourth-order valence-corrected chi connectivity index (χ4v) is 5.10. The number of aromatic nitrogens is 1. The van der Waals surface area contributed by atoms with Crippen LogP contribution in [0.5, 0.6) is 0 Å². The molecule has 2 atom stereocenters. The van der Waals surface area contributed by atoms with E-state index in [4.69, 9.17) is 11.6 Å². The van der Waals surface area contributed by atoms with Gasteiger partial charge >= 0.3 is 5.97 Å². The molecule has 1 amide bonds. The molecule has 1 aromatic heterocycles. The van der Waals surface area contributed by atoms with Gasteiger partial charge in [0.05, 0.1) is 22.6 Å². The molecule has 1 saturated heterocycles. The number of fused-ring (bicyclic) bond motifs is 1. The second-order valence-electron chi connectivity index (χ2n) is 7.67. The number of carbonyl (C=O) groups excluding carboxylic acids is 1. The quantitative estimate of drug-likeness (QED) is 0.549. The molecule has 1 fully saturated rings. The van der Waals surface area contributed by atoms with E-state index in [2.05, 4.69) is 0 Å². The van der Waals surface area contributed by atoms with Gasteiger partial charge in [-0.3, -0.25) is 4.79 Å². The molecule has 4 rings (SSSR count). The van der Waals surface area contributed by atoms with Gasteiger partial charge < -0.3 is 19.7 Å². The molecule has 11 heteroatoms. The van der Waals surface area contributed by atoms with E-state index < -0.39 is 41.4 Å². The maximum absolute atomic E-state index is 15.1. The lowest BCUT2D eigenvalue weighted by Gasteiger charge is -2.17. The summed E-state index contributed by atoms with van der Waals surface area (Å²) in [6.07, 6.45) is -2.84. The lowest BCUT2D eigenvalue weighted by Crippen LogP contribution is -2.33. The predicted octanol–water partition coefficient (Wildman–Crippen LogP) is 4.27. The van der Waals surface area contributed by atoms with Crippen molar-refractivity contribution < 1.29 is 33.0 Å². The monoisotopic (exact) mass is 498 g/mol. The number of hydrogen-bond acceptors (Lipinski definition) is 4. The van der Waals surface area contributed by atoms with E-state index in [0.717, 1.165) is 22.7 Å². The van der Waals surface area contributed by atoms with Crippen molar-refractivity contribution in [3.05, 3.63) is 58.2 Å². The first-order chi connectivity index (χ1) is 15.6. The van der Waals surface area contributed by atoms with Crippen molar-refractivity contribution in [1.82, 2.24) is 9.47 Å². The van der Waals surface area contributed by atoms with Crippen LogP contribution in [-0.2, 0) is 11.3 Å². The zero-order valence-electron chi connectivity index (χ0n) is 17.2. The Bertz CT molecular complexity index is 1270. The Morgan fingerprint density at radius 2 is 1.91 bits per heavy atom. The maximum atomic E-state index is 15.1. The smallest absolute Gasteiger partial charge is 0.338 e. The third-order valence-corrected chi connectivity index (χ3v) is 7.14. The number of benzene rings is 2. The number of likely N-dealkylation sites (tertiary alicyclic amines) is 1. The van der Waals surface area contributed by atoms with Gasteiger partial charge in [0.25, 0.3) is 0 Å². The second kappa shape index (κ2) is 8.92. The minimum absolute atomic E-state index is 0.0154. The number of carboxylic acid groups (broad SMARTS) is 1. The Morgan fingerprint density at radius 1 is 1.18 bits per heavy atom. The van der Waals surface area contributed by atoms with Gasteiger partial charge in [-0.25, -0.2) is 18.0 Å². The van der Waals surface area contributed by atoms with Crippen molar-refractivity contribution in [2.75, 3.05) is 13.1 Å². The van der Waals surface area contributed by atoms with Crippen LogP contribution in [0.1, 0.15) is 16.1 Å². The van der Waals surface area contributed by atoms with Gasteiger partial charge in [-0.1, -0.05) is 29.4 Å². The SMILES string of the molecule is Cc1c(Sc2cccc(C(=O)O)c2F)c2ccc(Cl)c(F)c2n1CC(=O)N1C[C@@H](O)[C@H](F)C1. The van der Waals surface area contributed by atoms with E-state index in [9.17, 15) is 28.6 Å². The van der Waals surface area contributed by atoms with Crippen LogP contribution in [-0.4, -0.2) is 56.9 Å². The van der Waals surface area contributed by atoms with Crippen molar-refractivity contribution in [3.63, 3.8) is 0 Å². The summed E-state index contributed by atoms with van der Waals surface area (Å²) < 4.78 is 44.9. The fraction of sp³-hybridized carbons (Fsp3) is 0.273. The minimum Gasteiger partial charge on any atom is -0.478 e. The van der Waals surface area contributed by atoms with Crippen molar-refractivity contribution >= 4 is 46.1 Å². The summed E-state index contributed by atoms with van der Waals surface area (Å²) in [5, 5.41) is 19.0. The Morgan fingerprint density at radius 3 is 2.55 bits per heavy atom. The molecule has 0 aliphatic carbocycles. The highest BCUT2D eigenvalue weighted by molar-refractivity contribution is 7.99. The van der Waals surface area contributed by atoms with Gasteiger partial charge in [-0.15, -0.1) is 0 Å². The van der Waals surface area contributed by atoms with Crippen molar-refractivity contribution in [2.24, 2.45) is 0 Å². The molecule has 6 nitrogen and oxygen atoms in total.